The van der Waals surface area contributed by atoms with Crippen molar-refractivity contribution < 1.29 is 5.11 Å². The Bertz CT molecular complexity index is 368. The van der Waals surface area contributed by atoms with E-state index in [2.05, 4.69) is 30.3 Å². The normalized spacial score (nSPS) is 33.6. The van der Waals surface area contributed by atoms with E-state index in [1.54, 1.807) is 0 Å². The van der Waals surface area contributed by atoms with E-state index in [1.165, 1.54) is 31.2 Å². The molecule has 1 heteroatoms. The fourth-order valence-electron chi connectivity index (χ4n) is 3.45. The first kappa shape index (κ1) is 11.3. The average molecular weight is 230 g/mol. The van der Waals surface area contributed by atoms with E-state index < -0.39 is 5.60 Å². The maximum Gasteiger partial charge on any atom is 0.0718 e. The second-order valence-corrected chi connectivity index (χ2v) is 5.96. The van der Waals surface area contributed by atoms with Gasteiger partial charge in [-0.1, -0.05) is 56.0 Å². The van der Waals surface area contributed by atoms with Crippen molar-refractivity contribution in [2.75, 3.05) is 0 Å². The molecule has 0 radical (unpaired) electrons. The van der Waals surface area contributed by atoms with Gasteiger partial charge in [-0.2, -0.15) is 0 Å². The van der Waals surface area contributed by atoms with Crippen molar-refractivity contribution in [1.29, 1.82) is 0 Å². The smallest absolute Gasteiger partial charge is 0.0718 e. The summed E-state index contributed by atoms with van der Waals surface area (Å²) in [7, 11) is 0. The van der Waals surface area contributed by atoms with Gasteiger partial charge in [0.05, 0.1) is 5.60 Å². The zero-order chi connectivity index (χ0) is 11.7. The van der Waals surface area contributed by atoms with E-state index >= 15 is 0 Å². The minimum atomic E-state index is -0.416. The quantitative estimate of drug-likeness (QED) is 0.835. The third-order valence-electron chi connectivity index (χ3n) is 4.54. The molecule has 2 atom stereocenters. The zero-order valence-corrected chi connectivity index (χ0v) is 10.4. The summed E-state index contributed by atoms with van der Waals surface area (Å²) < 4.78 is 0. The molecule has 0 aliphatic heterocycles. The summed E-state index contributed by atoms with van der Waals surface area (Å²) in [5.74, 6) is 1.18. The molecule has 2 unspecified atom stereocenters. The molecule has 1 nitrogen and oxygen atoms in total. The summed E-state index contributed by atoms with van der Waals surface area (Å²) in [5, 5.41) is 11.0. The van der Waals surface area contributed by atoms with Crippen molar-refractivity contribution in [2.24, 2.45) is 5.92 Å². The topological polar surface area (TPSA) is 20.2 Å². The molecule has 0 spiro atoms. The lowest BCUT2D eigenvalue weighted by Gasteiger charge is -2.40. The van der Waals surface area contributed by atoms with Gasteiger partial charge in [0.25, 0.3) is 0 Å². The predicted octanol–water partition coefficient (Wildman–Crippen LogP) is 3.88. The maximum absolute atomic E-state index is 11.0. The van der Waals surface area contributed by atoms with Crippen molar-refractivity contribution in [2.45, 2.75) is 56.5 Å². The number of aliphatic hydroxyl groups is 1. The lowest BCUT2D eigenvalue weighted by Crippen LogP contribution is -2.39. The van der Waals surface area contributed by atoms with Crippen LogP contribution in [0.1, 0.15) is 56.4 Å². The van der Waals surface area contributed by atoms with E-state index in [0.29, 0.717) is 5.92 Å². The Morgan fingerprint density at radius 1 is 1.06 bits per heavy atom. The fourth-order valence-corrected chi connectivity index (χ4v) is 3.45. The average Bonchev–Trinajstić information content (AvgIpc) is 3.14. The first-order chi connectivity index (χ1) is 8.28. The van der Waals surface area contributed by atoms with Crippen LogP contribution in [0.2, 0.25) is 0 Å². The highest BCUT2D eigenvalue weighted by molar-refractivity contribution is 5.24. The molecule has 3 rings (SSSR count). The molecular formula is C16H22O. The third kappa shape index (κ3) is 2.40. The van der Waals surface area contributed by atoms with E-state index in [-0.39, 0.29) is 0 Å². The number of hydrogen-bond donors (Lipinski definition) is 1. The van der Waals surface area contributed by atoms with Crippen LogP contribution in [0.4, 0.5) is 0 Å². The molecule has 2 aliphatic rings. The standard InChI is InChI=1S/C16H22O/c17-16(12-13-9-10-13)11-5-4-8-15(16)14-6-2-1-3-7-14/h1-3,6-7,13,15,17H,4-5,8-12H2. The Morgan fingerprint density at radius 2 is 1.82 bits per heavy atom. The van der Waals surface area contributed by atoms with Gasteiger partial charge >= 0.3 is 0 Å². The van der Waals surface area contributed by atoms with Crippen LogP contribution in [0, 0.1) is 5.92 Å². The second-order valence-electron chi connectivity index (χ2n) is 5.96. The van der Waals surface area contributed by atoms with E-state index in [1.807, 2.05) is 0 Å². The maximum atomic E-state index is 11.0. The predicted molar refractivity (Wildman–Crippen MR) is 69.9 cm³/mol. The van der Waals surface area contributed by atoms with Crippen LogP contribution in [0.5, 0.6) is 0 Å². The molecule has 2 fully saturated rings. The molecule has 0 saturated heterocycles. The lowest BCUT2D eigenvalue weighted by atomic mass is 9.69. The Balaban J connectivity index is 1.83. The van der Waals surface area contributed by atoms with Gasteiger partial charge in [0, 0.05) is 5.92 Å². The van der Waals surface area contributed by atoms with E-state index in [0.717, 1.165) is 25.2 Å². The molecule has 92 valence electrons. The highest BCUT2D eigenvalue weighted by Crippen LogP contribution is 2.48. The van der Waals surface area contributed by atoms with Crippen LogP contribution in [0.3, 0.4) is 0 Å². The van der Waals surface area contributed by atoms with Gasteiger partial charge < -0.3 is 5.11 Å². The van der Waals surface area contributed by atoms with E-state index in [9.17, 15) is 5.11 Å². The van der Waals surface area contributed by atoms with Crippen LogP contribution in [0.25, 0.3) is 0 Å². The Kier molecular flexibility index (Phi) is 2.96. The molecule has 17 heavy (non-hydrogen) atoms. The zero-order valence-electron chi connectivity index (χ0n) is 10.4. The molecular weight excluding hydrogens is 208 g/mol. The summed E-state index contributed by atoms with van der Waals surface area (Å²) in [6, 6.07) is 10.6. The van der Waals surface area contributed by atoms with Crippen molar-refractivity contribution in [3.8, 4) is 0 Å². The van der Waals surface area contributed by atoms with Crippen LogP contribution in [-0.2, 0) is 0 Å². The lowest BCUT2D eigenvalue weighted by molar-refractivity contribution is -0.0289. The molecule has 2 aliphatic carbocycles. The monoisotopic (exact) mass is 230 g/mol. The molecule has 0 bridgehead atoms. The summed E-state index contributed by atoms with van der Waals surface area (Å²) >= 11 is 0. The second kappa shape index (κ2) is 4.45. The van der Waals surface area contributed by atoms with Gasteiger partial charge in [-0.15, -0.1) is 0 Å². The van der Waals surface area contributed by atoms with Crippen LogP contribution < -0.4 is 0 Å². The van der Waals surface area contributed by atoms with E-state index in [4.69, 9.17) is 0 Å². The SMILES string of the molecule is OC1(CC2CC2)CCCCC1c1ccccc1. The summed E-state index contributed by atoms with van der Waals surface area (Å²) in [4.78, 5) is 0. The molecule has 1 aromatic carbocycles. The Morgan fingerprint density at radius 3 is 2.53 bits per heavy atom. The van der Waals surface area contributed by atoms with Crippen molar-refractivity contribution in [1.82, 2.24) is 0 Å². The highest BCUT2D eigenvalue weighted by atomic mass is 16.3. The minimum absolute atomic E-state index is 0.373. The van der Waals surface area contributed by atoms with Crippen molar-refractivity contribution >= 4 is 0 Å². The summed E-state index contributed by atoms with van der Waals surface area (Å²) in [6.07, 6.45) is 8.34. The van der Waals surface area contributed by atoms with Gasteiger partial charge in [0.2, 0.25) is 0 Å². The molecule has 1 aromatic rings. The van der Waals surface area contributed by atoms with Crippen LogP contribution in [0.15, 0.2) is 30.3 Å². The largest absolute Gasteiger partial charge is 0.389 e. The third-order valence-corrected chi connectivity index (χ3v) is 4.54. The van der Waals surface area contributed by atoms with Gasteiger partial charge in [-0.05, 0) is 30.7 Å². The molecule has 0 heterocycles. The Hall–Kier alpha value is -0.820. The highest BCUT2D eigenvalue weighted by Gasteiger charge is 2.43. The summed E-state index contributed by atoms with van der Waals surface area (Å²) in [6.45, 7) is 0. The fraction of sp³-hybridized carbons (Fsp3) is 0.625. The number of rotatable bonds is 3. The van der Waals surface area contributed by atoms with Gasteiger partial charge in [0.15, 0.2) is 0 Å². The van der Waals surface area contributed by atoms with Crippen LogP contribution >= 0.6 is 0 Å². The summed E-state index contributed by atoms with van der Waals surface area (Å²) in [5.41, 5.74) is 0.927. The van der Waals surface area contributed by atoms with Crippen molar-refractivity contribution in [3.05, 3.63) is 35.9 Å². The Labute approximate surface area is 104 Å². The molecule has 1 N–H and O–H groups in total. The van der Waals surface area contributed by atoms with Crippen molar-refractivity contribution in [3.63, 3.8) is 0 Å². The minimum Gasteiger partial charge on any atom is -0.389 e. The van der Waals surface area contributed by atoms with Gasteiger partial charge in [0.1, 0.15) is 0 Å². The first-order valence-corrected chi connectivity index (χ1v) is 7.05. The van der Waals surface area contributed by atoms with Gasteiger partial charge in [-0.3, -0.25) is 0 Å². The number of benzene rings is 1. The van der Waals surface area contributed by atoms with Crippen LogP contribution in [-0.4, -0.2) is 10.7 Å². The first-order valence-electron chi connectivity index (χ1n) is 7.05. The molecule has 0 amide bonds. The van der Waals surface area contributed by atoms with Gasteiger partial charge in [-0.25, -0.2) is 0 Å². The molecule has 0 aromatic heterocycles. The molecule has 2 saturated carbocycles. The number of hydrogen-bond acceptors (Lipinski definition) is 1.